The van der Waals surface area contributed by atoms with E-state index >= 15 is 0 Å². The van der Waals surface area contributed by atoms with Gasteiger partial charge in [0, 0.05) is 65.2 Å². The maximum absolute atomic E-state index is 6.13. The molecular formula is C20H20ClN3. The molecule has 3 nitrogen and oxygen atoms in total. The Kier molecular flexibility index (Phi) is 4.03. The highest BCUT2D eigenvalue weighted by atomic mass is 35.5. The molecule has 1 fully saturated rings. The second-order valence-electron chi connectivity index (χ2n) is 6.28. The monoisotopic (exact) mass is 337 g/mol. The number of hydrogen-bond donors (Lipinski definition) is 0. The first-order valence-corrected chi connectivity index (χ1v) is 8.69. The molecule has 122 valence electrons. The van der Waals surface area contributed by atoms with Crippen molar-refractivity contribution in [3.05, 3.63) is 65.4 Å². The zero-order valence-electron chi connectivity index (χ0n) is 13.7. The topological polar surface area (TPSA) is 19.4 Å². The van der Waals surface area contributed by atoms with Crippen LogP contribution in [0.25, 0.3) is 10.8 Å². The Hall–Kier alpha value is -2.26. The van der Waals surface area contributed by atoms with Gasteiger partial charge in [0.1, 0.15) is 0 Å². The molecule has 0 bridgehead atoms. The van der Waals surface area contributed by atoms with Gasteiger partial charge in [0.2, 0.25) is 0 Å². The summed E-state index contributed by atoms with van der Waals surface area (Å²) < 4.78 is 0. The van der Waals surface area contributed by atoms with Gasteiger partial charge in [-0.3, -0.25) is 4.98 Å². The third kappa shape index (κ3) is 2.92. The standard InChI is InChI=1S/C20H20ClN3/c1-15-12-19-16(14-22-15)4-2-7-20(19)24-10-8-23(9-11-24)18-6-3-5-17(21)13-18/h2-7,12-14H,8-11H2,1H3. The lowest BCUT2D eigenvalue weighted by Gasteiger charge is -2.38. The van der Waals surface area contributed by atoms with Crippen LogP contribution in [-0.2, 0) is 0 Å². The van der Waals surface area contributed by atoms with Crippen molar-refractivity contribution in [1.82, 2.24) is 4.98 Å². The second-order valence-corrected chi connectivity index (χ2v) is 6.71. The molecule has 0 atom stereocenters. The van der Waals surface area contributed by atoms with Crippen LogP contribution in [0.2, 0.25) is 5.02 Å². The number of rotatable bonds is 2. The van der Waals surface area contributed by atoms with Crippen molar-refractivity contribution in [2.24, 2.45) is 0 Å². The average Bonchev–Trinajstić information content (AvgIpc) is 2.61. The van der Waals surface area contributed by atoms with Crippen LogP contribution in [-0.4, -0.2) is 31.2 Å². The van der Waals surface area contributed by atoms with E-state index in [0.29, 0.717) is 0 Å². The summed E-state index contributed by atoms with van der Waals surface area (Å²) in [6.07, 6.45) is 1.97. The average molecular weight is 338 g/mol. The molecule has 1 aromatic heterocycles. The lowest BCUT2D eigenvalue weighted by atomic mass is 10.1. The van der Waals surface area contributed by atoms with Gasteiger partial charge >= 0.3 is 0 Å². The summed E-state index contributed by atoms with van der Waals surface area (Å²) in [7, 11) is 0. The molecule has 3 aromatic rings. The predicted octanol–water partition coefficient (Wildman–Crippen LogP) is 4.52. The van der Waals surface area contributed by atoms with Gasteiger partial charge in [0.05, 0.1) is 0 Å². The van der Waals surface area contributed by atoms with Crippen molar-refractivity contribution in [3.8, 4) is 0 Å². The molecule has 24 heavy (non-hydrogen) atoms. The summed E-state index contributed by atoms with van der Waals surface area (Å²) in [6.45, 7) is 6.06. The molecule has 0 radical (unpaired) electrons. The highest BCUT2D eigenvalue weighted by Gasteiger charge is 2.19. The quantitative estimate of drug-likeness (QED) is 0.685. The fourth-order valence-corrected chi connectivity index (χ4v) is 3.60. The Labute approximate surface area is 147 Å². The van der Waals surface area contributed by atoms with Gasteiger partial charge in [0.25, 0.3) is 0 Å². The minimum Gasteiger partial charge on any atom is -0.368 e. The number of aryl methyl sites for hydroxylation is 1. The minimum atomic E-state index is 0.798. The number of hydrogen-bond acceptors (Lipinski definition) is 3. The van der Waals surface area contributed by atoms with E-state index in [1.165, 1.54) is 22.1 Å². The van der Waals surface area contributed by atoms with Crippen LogP contribution in [0.4, 0.5) is 11.4 Å². The van der Waals surface area contributed by atoms with Crippen LogP contribution in [0.3, 0.4) is 0 Å². The first-order valence-electron chi connectivity index (χ1n) is 8.31. The number of piperazine rings is 1. The van der Waals surface area contributed by atoms with E-state index < -0.39 is 0 Å². The van der Waals surface area contributed by atoms with Crippen LogP contribution >= 0.6 is 11.6 Å². The summed E-state index contributed by atoms with van der Waals surface area (Å²) >= 11 is 6.13. The van der Waals surface area contributed by atoms with Crippen molar-refractivity contribution in [2.75, 3.05) is 36.0 Å². The number of halogens is 1. The van der Waals surface area contributed by atoms with E-state index in [4.69, 9.17) is 11.6 Å². The Morgan fingerprint density at radius 1 is 0.917 bits per heavy atom. The van der Waals surface area contributed by atoms with Crippen molar-refractivity contribution < 1.29 is 0 Å². The molecule has 0 amide bonds. The molecular weight excluding hydrogens is 318 g/mol. The van der Waals surface area contributed by atoms with Gasteiger partial charge in [-0.1, -0.05) is 29.8 Å². The number of fused-ring (bicyclic) bond motifs is 1. The molecule has 4 heteroatoms. The smallest absolute Gasteiger partial charge is 0.0448 e. The molecule has 1 saturated heterocycles. The number of pyridine rings is 1. The van der Waals surface area contributed by atoms with E-state index in [1.807, 2.05) is 31.3 Å². The molecule has 0 N–H and O–H groups in total. The summed E-state index contributed by atoms with van der Waals surface area (Å²) in [5, 5.41) is 3.29. The highest BCUT2D eigenvalue weighted by molar-refractivity contribution is 6.30. The maximum Gasteiger partial charge on any atom is 0.0448 e. The second kappa shape index (κ2) is 6.33. The number of nitrogens with zero attached hydrogens (tertiary/aromatic N) is 3. The Morgan fingerprint density at radius 3 is 2.46 bits per heavy atom. The first-order chi connectivity index (χ1) is 11.7. The largest absolute Gasteiger partial charge is 0.368 e. The molecule has 1 aliphatic rings. The first kappa shape index (κ1) is 15.3. The van der Waals surface area contributed by atoms with Crippen molar-refractivity contribution in [2.45, 2.75) is 6.92 Å². The summed E-state index contributed by atoms with van der Waals surface area (Å²) in [4.78, 5) is 9.29. The molecule has 2 heterocycles. The Balaban J connectivity index is 1.57. The molecule has 0 spiro atoms. The van der Waals surface area contributed by atoms with Crippen molar-refractivity contribution in [3.63, 3.8) is 0 Å². The van der Waals surface area contributed by atoms with Gasteiger partial charge in [-0.25, -0.2) is 0 Å². The maximum atomic E-state index is 6.13. The van der Waals surface area contributed by atoms with E-state index in [0.717, 1.165) is 36.9 Å². The number of benzene rings is 2. The molecule has 0 aliphatic carbocycles. The third-order valence-corrected chi connectivity index (χ3v) is 4.91. The van der Waals surface area contributed by atoms with E-state index in [9.17, 15) is 0 Å². The van der Waals surface area contributed by atoms with Crippen LogP contribution in [0, 0.1) is 6.92 Å². The van der Waals surface area contributed by atoms with E-state index in [-0.39, 0.29) is 0 Å². The summed E-state index contributed by atoms with van der Waals surface area (Å²) in [5.41, 5.74) is 3.58. The molecule has 0 saturated carbocycles. The minimum absolute atomic E-state index is 0.798. The van der Waals surface area contributed by atoms with Crippen molar-refractivity contribution in [1.29, 1.82) is 0 Å². The van der Waals surface area contributed by atoms with Gasteiger partial charge in [0.15, 0.2) is 0 Å². The van der Waals surface area contributed by atoms with Crippen LogP contribution in [0.1, 0.15) is 5.69 Å². The fourth-order valence-electron chi connectivity index (χ4n) is 3.41. The van der Waals surface area contributed by atoms with Crippen LogP contribution in [0.15, 0.2) is 54.7 Å². The van der Waals surface area contributed by atoms with Gasteiger partial charge in [-0.05, 0) is 37.3 Å². The summed E-state index contributed by atoms with van der Waals surface area (Å²) in [6, 6.07) is 16.8. The van der Waals surface area contributed by atoms with Crippen LogP contribution in [0.5, 0.6) is 0 Å². The molecule has 0 unspecified atom stereocenters. The van der Waals surface area contributed by atoms with Gasteiger partial charge in [-0.2, -0.15) is 0 Å². The highest BCUT2D eigenvalue weighted by Crippen LogP contribution is 2.29. The third-order valence-electron chi connectivity index (χ3n) is 4.67. The molecule has 4 rings (SSSR count). The Bertz CT molecular complexity index is 870. The van der Waals surface area contributed by atoms with Gasteiger partial charge in [-0.15, -0.1) is 0 Å². The normalized spacial score (nSPS) is 15.1. The van der Waals surface area contributed by atoms with Crippen LogP contribution < -0.4 is 9.80 Å². The lowest BCUT2D eigenvalue weighted by molar-refractivity contribution is 0.655. The zero-order chi connectivity index (χ0) is 16.5. The molecule has 1 aliphatic heterocycles. The van der Waals surface area contributed by atoms with E-state index in [2.05, 4.69) is 45.1 Å². The fraction of sp³-hybridized carbons (Fsp3) is 0.250. The SMILES string of the molecule is Cc1cc2c(N3CCN(c4cccc(Cl)c4)CC3)cccc2cn1. The zero-order valence-corrected chi connectivity index (χ0v) is 14.5. The lowest BCUT2D eigenvalue weighted by Crippen LogP contribution is -2.46. The van der Waals surface area contributed by atoms with Gasteiger partial charge < -0.3 is 9.80 Å². The number of aromatic nitrogens is 1. The number of anilines is 2. The predicted molar refractivity (Wildman–Crippen MR) is 102 cm³/mol. The van der Waals surface area contributed by atoms with E-state index in [1.54, 1.807) is 0 Å². The summed E-state index contributed by atoms with van der Waals surface area (Å²) in [5.74, 6) is 0. The molecule has 2 aromatic carbocycles. The van der Waals surface area contributed by atoms with Crippen molar-refractivity contribution >= 4 is 33.7 Å². The Morgan fingerprint density at radius 2 is 1.67 bits per heavy atom.